The van der Waals surface area contributed by atoms with Gasteiger partial charge in [-0.05, 0) is 63.8 Å². The van der Waals surface area contributed by atoms with E-state index in [0.717, 1.165) is 106 Å². The zero-order chi connectivity index (χ0) is 53.2. The van der Waals surface area contributed by atoms with Gasteiger partial charge in [0.25, 0.3) is 0 Å². The molecule has 2 amide bonds. The number of carbonyl (C=O) groups excluding carboxylic acids is 8. The highest BCUT2D eigenvalue weighted by Crippen LogP contribution is 2.29. The van der Waals surface area contributed by atoms with Crippen LogP contribution in [-0.4, -0.2) is 125 Å². The first kappa shape index (κ1) is 64.7. The van der Waals surface area contributed by atoms with Gasteiger partial charge in [0, 0.05) is 54.4 Å². The summed E-state index contributed by atoms with van der Waals surface area (Å²) >= 11 is 0. The normalized spacial score (nSPS) is 14.5. The van der Waals surface area contributed by atoms with Crippen LogP contribution in [0.2, 0.25) is 0 Å². The van der Waals surface area contributed by atoms with Gasteiger partial charge in [0.05, 0.1) is 0 Å². The average Bonchev–Trinajstić information content (AvgIpc) is 3.24. The highest BCUT2D eigenvalue weighted by molar-refractivity contribution is 5.84. The fourth-order valence-corrected chi connectivity index (χ4v) is 7.94. The highest BCUT2D eigenvalue weighted by Gasteiger charge is 2.50. The van der Waals surface area contributed by atoms with Crippen molar-refractivity contribution in [1.29, 1.82) is 0 Å². The maximum atomic E-state index is 12.8. The molecule has 70 heavy (non-hydrogen) atoms. The van der Waals surface area contributed by atoms with Crippen molar-refractivity contribution in [2.24, 2.45) is 11.7 Å². The van der Waals surface area contributed by atoms with Gasteiger partial charge in [-0.2, -0.15) is 0 Å². The molecule has 0 saturated carbocycles. The van der Waals surface area contributed by atoms with Gasteiger partial charge < -0.3 is 55.0 Å². The summed E-state index contributed by atoms with van der Waals surface area (Å²) in [7, 11) is 0. The number of esters is 6. The van der Waals surface area contributed by atoms with E-state index in [2.05, 4.69) is 10.6 Å². The largest absolute Gasteiger partial charge is 0.480 e. The number of carboxylic acids is 2. The number of ether oxygens (including phenoxy) is 6. The summed E-state index contributed by atoms with van der Waals surface area (Å²) in [6, 6.07) is -2.07. The molecule has 0 aromatic rings. The van der Waals surface area contributed by atoms with Gasteiger partial charge in [0.1, 0.15) is 24.3 Å². The van der Waals surface area contributed by atoms with Gasteiger partial charge in [0.2, 0.25) is 11.8 Å². The molecule has 6 N–H and O–H groups in total. The summed E-state index contributed by atoms with van der Waals surface area (Å²) in [5.41, 5.74) is 5.47. The van der Waals surface area contributed by atoms with E-state index >= 15 is 0 Å². The Balaban J connectivity index is 5.77. The first-order valence-electron chi connectivity index (χ1n) is 24.8. The second-order valence-corrected chi connectivity index (χ2v) is 18.0. The lowest BCUT2D eigenvalue weighted by Gasteiger charge is -2.40. The van der Waals surface area contributed by atoms with Crippen molar-refractivity contribution in [2.75, 3.05) is 6.54 Å². The maximum Gasteiger partial charge on any atom is 0.326 e. The standard InChI is InChI=1S/C49H83N3O18/c1-31(2)43(49(63)64)52-42(60)29-24-27-40(66-33(4)54)45(68-35(6)56)47(70-37(8)58)46(69-36(7)57)44(67-34(5)55)39(65-32(3)53)26-20-18-16-14-12-10-9-11-13-15-17-19-21-28-41(59)51-38(48(61)62)25-22-23-30-50/h31,38-40,43-47H,9-30,50H2,1-8H3,(H,51,59)(H,52,60)(H,61,62)(H,63,64)/t38-,39-,40-,43-,44-,45-,46-,47-/m0/s1. The molecule has 0 bridgehead atoms. The molecule has 0 aliphatic carbocycles. The first-order chi connectivity index (χ1) is 33.0. The van der Waals surface area contributed by atoms with Gasteiger partial charge in [-0.25, -0.2) is 9.59 Å². The molecule has 0 rings (SSSR count). The Morgan fingerprint density at radius 2 is 0.729 bits per heavy atom. The van der Waals surface area contributed by atoms with Crippen LogP contribution < -0.4 is 16.4 Å². The lowest BCUT2D eigenvalue weighted by atomic mass is 9.91. The molecule has 0 spiro atoms. The number of nitrogens with one attached hydrogen (secondary N) is 2. The van der Waals surface area contributed by atoms with E-state index in [9.17, 15) is 58.2 Å². The van der Waals surface area contributed by atoms with Crippen LogP contribution >= 0.6 is 0 Å². The smallest absolute Gasteiger partial charge is 0.326 e. The first-order valence-corrected chi connectivity index (χ1v) is 24.8. The summed E-state index contributed by atoms with van der Waals surface area (Å²) in [5.74, 6) is -9.01. The average molecular weight is 1000 g/mol. The Morgan fingerprint density at radius 1 is 0.400 bits per heavy atom. The third-order valence-electron chi connectivity index (χ3n) is 11.2. The molecule has 0 radical (unpaired) electrons. The predicted molar refractivity (Wildman–Crippen MR) is 253 cm³/mol. The molecule has 21 heteroatoms. The summed E-state index contributed by atoms with van der Waals surface area (Å²) in [4.78, 5) is 124. The number of rotatable bonds is 40. The van der Waals surface area contributed by atoms with Crippen LogP contribution in [0, 0.1) is 5.92 Å². The summed E-state index contributed by atoms with van der Waals surface area (Å²) in [6.07, 6.45) is 3.51. The Bertz CT molecular complexity index is 1640. The number of aliphatic carboxylic acids is 2. The Hall–Kier alpha value is -5.34. The highest BCUT2D eigenvalue weighted by atomic mass is 16.6. The van der Waals surface area contributed by atoms with Gasteiger partial charge in [-0.1, -0.05) is 84.5 Å². The molecule has 0 unspecified atom stereocenters. The molecule has 0 heterocycles. The van der Waals surface area contributed by atoms with Gasteiger partial charge in [0.15, 0.2) is 24.4 Å². The molecule has 0 aliphatic heterocycles. The van der Waals surface area contributed by atoms with Crippen molar-refractivity contribution in [3.05, 3.63) is 0 Å². The second kappa shape index (κ2) is 37.5. The predicted octanol–water partition coefficient (Wildman–Crippen LogP) is 5.52. The monoisotopic (exact) mass is 1000 g/mol. The van der Waals surface area contributed by atoms with Crippen molar-refractivity contribution in [3.63, 3.8) is 0 Å². The fourth-order valence-electron chi connectivity index (χ4n) is 7.94. The van der Waals surface area contributed by atoms with Crippen LogP contribution in [-0.2, 0) is 76.4 Å². The van der Waals surface area contributed by atoms with Crippen LogP contribution in [0.4, 0.5) is 0 Å². The van der Waals surface area contributed by atoms with Crippen LogP contribution in [0.15, 0.2) is 0 Å². The Morgan fingerprint density at radius 3 is 1.09 bits per heavy atom. The number of nitrogens with two attached hydrogens (primary N) is 1. The van der Waals surface area contributed by atoms with Gasteiger partial charge >= 0.3 is 47.8 Å². The fraction of sp³-hybridized carbons (Fsp3) is 0.796. The van der Waals surface area contributed by atoms with Gasteiger partial charge in [-0.15, -0.1) is 0 Å². The molecular weight excluding hydrogens is 919 g/mol. The van der Waals surface area contributed by atoms with E-state index in [0.29, 0.717) is 51.5 Å². The van der Waals surface area contributed by atoms with Crippen LogP contribution in [0.25, 0.3) is 0 Å². The maximum absolute atomic E-state index is 12.8. The third kappa shape index (κ3) is 31.0. The molecular formula is C49H83N3O18. The van der Waals surface area contributed by atoms with Crippen molar-refractivity contribution in [3.8, 4) is 0 Å². The van der Waals surface area contributed by atoms with Crippen molar-refractivity contribution in [2.45, 2.75) is 239 Å². The number of carbonyl (C=O) groups is 10. The zero-order valence-electron chi connectivity index (χ0n) is 42.8. The minimum absolute atomic E-state index is 0.0672. The Labute approximate surface area is 413 Å². The quantitative estimate of drug-likeness (QED) is 0.0286. The number of hydrogen-bond acceptors (Lipinski definition) is 17. The van der Waals surface area contributed by atoms with E-state index in [1.807, 2.05) is 0 Å². The summed E-state index contributed by atoms with van der Waals surface area (Å²) in [6.45, 7) is 10.0. The van der Waals surface area contributed by atoms with Crippen LogP contribution in [0.5, 0.6) is 0 Å². The number of unbranched alkanes of at least 4 members (excludes halogenated alkanes) is 13. The molecule has 402 valence electrons. The molecule has 0 aromatic carbocycles. The van der Waals surface area contributed by atoms with Crippen molar-refractivity contribution < 1.29 is 86.6 Å². The van der Waals surface area contributed by atoms with Gasteiger partial charge in [-0.3, -0.25) is 38.4 Å². The third-order valence-corrected chi connectivity index (χ3v) is 11.2. The van der Waals surface area contributed by atoms with E-state index in [-0.39, 0.29) is 31.6 Å². The van der Waals surface area contributed by atoms with Crippen molar-refractivity contribution >= 4 is 59.6 Å². The lowest BCUT2D eigenvalue weighted by molar-refractivity contribution is -0.219. The van der Waals surface area contributed by atoms with Crippen LogP contribution in [0.3, 0.4) is 0 Å². The molecule has 8 atom stereocenters. The number of amides is 2. The minimum atomic E-state index is -1.85. The SMILES string of the molecule is CC(=O)O[C@H]([C@@H](OC(C)=O)[C@@H](OC(C)=O)[C@H](CCCC(=O)N[C@H](C(=O)O)C(C)C)OC(C)=O)[C@@H](OC(C)=O)[C@H](CCCCCCCCCCCCCCCC(=O)N[C@@H](CCCCN)C(=O)O)OC(C)=O. The number of hydrogen-bond donors (Lipinski definition) is 5. The number of carboxylic acid groups (broad SMARTS) is 2. The molecule has 21 nitrogen and oxygen atoms in total. The van der Waals surface area contributed by atoms with E-state index < -0.39 is 108 Å². The summed E-state index contributed by atoms with van der Waals surface area (Å²) < 4.78 is 33.9. The lowest BCUT2D eigenvalue weighted by Crippen LogP contribution is -2.58. The second-order valence-electron chi connectivity index (χ2n) is 18.0. The molecule has 0 aromatic heterocycles. The van der Waals surface area contributed by atoms with Crippen molar-refractivity contribution in [1.82, 2.24) is 10.6 Å². The van der Waals surface area contributed by atoms with E-state index in [1.165, 1.54) is 0 Å². The van der Waals surface area contributed by atoms with Crippen LogP contribution in [0.1, 0.15) is 190 Å². The Kier molecular flexibility index (Phi) is 34.6. The topological polar surface area (TPSA) is 317 Å². The minimum Gasteiger partial charge on any atom is -0.480 e. The molecule has 0 aliphatic rings. The molecule has 0 fully saturated rings. The van der Waals surface area contributed by atoms with E-state index in [1.54, 1.807) is 13.8 Å². The van der Waals surface area contributed by atoms with E-state index in [4.69, 9.17) is 34.2 Å². The molecule has 0 saturated heterocycles. The summed E-state index contributed by atoms with van der Waals surface area (Å²) in [5, 5.41) is 23.9. The zero-order valence-corrected chi connectivity index (χ0v) is 42.8.